The van der Waals surface area contributed by atoms with Gasteiger partial charge in [-0.25, -0.2) is 4.39 Å². The van der Waals surface area contributed by atoms with Gasteiger partial charge in [0.25, 0.3) is 5.91 Å². The Morgan fingerprint density at radius 3 is 2.86 bits per heavy atom. The largest absolute Gasteiger partial charge is 0.326 e. The van der Waals surface area contributed by atoms with Crippen LogP contribution in [0.5, 0.6) is 0 Å². The van der Waals surface area contributed by atoms with Crippen molar-refractivity contribution in [2.75, 3.05) is 10.6 Å². The lowest BCUT2D eigenvalue weighted by atomic mass is 10.0. The van der Waals surface area contributed by atoms with E-state index in [1.54, 1.807) is 11.4 Å². The number of benzene rings is 1. The van der Waals surface area contributed by atoms with E-state index < -0.39 is 11.7 Å². The average molecular weight is 369 g/mol. The van der Waals surface area contributed by atoms with E-state index in [-0.39, 0.29) is 11.6 Å². The molecule has 0 aliphatic carbocycles. The van der Waals surface area contributed by atoms with Crippen molar-refractivity contribution in [1.29, 1.82) is 0 Å². The van der Waals surface area contributed by atoms with Crippen LogP contribution in [0.1, 0.15) is 22.3 Å². The van der Waals surface area contributed by atoms with Gasteiger partial charge >= 0.3 is 0 Å². The van der Waals surface area contributed by atoms with Crippen LogP contribution in [-0.2, 0) is 11.2 Å². The number of anilines is 2. The van der Waals surface area contributed by atoms with E-state index in [1.165, 1.54) is 23.5 Å². The standard InChI is InChI=1S/C14H10BrFN2O2S/c15-12-4-8(6-21-12)14(20)18-11-5-10-7(3-9(11)16)1-2-13(19)17-10/h3-6H,1-2H2,(H,17,19)(H,18,20). The molecule has 21 heavy (non-hydrogen) atoms. The molecule has 0 spiro atoms. The van der Waals surface area contributed by atoms with Gasteiger partial charge in [-0.1, -0.05) is 0 Å². The molecule has 3 rings (SSSR count). The summed E-state index contributed by atoms with van der Waals surface area (Å²) in [6.07, 6.45) is 0.852. The Morgan fingerprint density at radius 2 is 2.14 bits per heavy atom. The molecule has 1 aliphatic rings. The molecular formula is C14H10BrFN2O2S. The Morgan fingerprint density at radius 1 is 1.33 bits per heavy atom. The highest BCUT2D eigenvalue weighted by Gasteiger charge is 2.19. The lowest BCUT2D eigenvalue weighted by molar-refractivity contribution is -0.116. The van der Waals surface area contributed by atoms with E-state index in [9.17, 15) is 14.0 Å². The normalized spacial score (nSPS) is 13.5. The van der Waals surface area contributed by atoms with E-state index in [2.05, 4.69) is 26.6 Å². The monoisotopic (exact) mass is 368 g/mol. The number of hydrogen-bond donors (Lipinski definition) is 2. The smallest absolute Gasteiger partial charge is 0.256 e. The summed E-state index contributed by atoms with van der Waals surface area (Å²) in [6.45, 7) is 0. The summed E-state index contributed by atoms with van der Waals surface area (Å²) in [4.78, 5) is 23.4. The first-order valence-electron chi connectivity index (χ1n) is 6.20. The highest BCUT2D eigenvalue weighted by atomic mass is 79.9. The van der Waals surface area contributed by atoms with Crippen LogP contribution >= 0.6 is 27.3 Å². The second-order valence-electron chi connectivity index (χ2n) is 4.63. The number of carbonyl (C=O) groups is 2. The Hall–Kier alpha value is -1.73. The molecule has 0 unspecified atom stereocenters. The summed E-state index contributed by atoms with van der Waals surface area (Å²) >= 11 is 4.65. The molecule has 2 aromatic rings. The number of hydrogen-bond acceptors (Lipinski definition) is 3. The Kier molecular flexibility index (Phi) is 3.77. The molecule has 0 saturated carbocycles. The van der Waals surface area contributed by atoms with Crippen LogP contribution in [0, 0.1) is 5.82 Å². The number of rotatable bonds is 2. The fourth-order valence-corrected chi connectivity index (χ4v) is 3.25. The second-order valence-corrected chi connectivity index (χ2v) is 6.92. The van der Waals surface area contributed by atoms with Crippen LogP contribution in [0.15, 0.2) is 27.4 Å². The molecule has 2 N–H and O–H groups in total. The zero-order valence-electron chi connectivity index (χ0n) is 10.7. The molecule has 0 fully saturated rings. The van der Waals surface area contributed by atoms with E-state index in [0.29, 0.717) is 24.1 Å². The van der Waals surface area contributed by atoms with Crippen LogP contribution in [0.25, 0.3) is 0 Å². The summed E-state index contributed by atoms with van der Waals surface area (Å²) < 4.78 is 14.8. The van der Waals surface area contributed by atoms with Gasteiger partial charge < -0.3 is 10.6 Å². The Labute approximate surface area is 132 Å². The molecular weight excluding hydrogens is 359 g/mol. The maximum atomic E-state index is 14.0. The van der Waals surface area contributed by atoms with Crippen LogP contribution < -0.4 is 10.6 Å². The first-order chi connectivity index (χ1) is 10.0. The first-order valence-corrected chi connectivity index (χ1v) is 7.88. The van der Waals surface area contributed by atoms with Crippen LogP contribution in [0.3, 0.4) is 0 Å². The van der Waals surface area contributed by atoms with Gasteiger partial charge in [-0.15, -0.1) is 11.3 Å². The van der Waals surface area contributed by atoms with Crippen molar-refractivity contribution in [1.82, 2.24) is 0 Å². The van der Waals surface area contributed by atoms with E-state index >= 15 is 0 Å². The molecule has 4 nitrogen and oxygen atoms in total. The SMILES string of the molecule is O=C1CCc2cc(F)c(NC(=O)c3csc(Br)c3)cc2N1. The average Bonchev–Trinajstić information content (AvgIpc) is 2.87. The summed E-state index contributed by atoms with van der Waals surface area (Å²) in [5, 5.41) is 6.89. The van der Waals surface area contributed by atoms with Gasteiger partial charge in [-0.05, 0) is 46.1 Å². The zero-order chi connectivity index (χ0) is 15.0. The first kappa shape index (κ1) is 14.2. The molecule has 1 aliphatic heterocycles. The minimum atomic E-state index is -0.507. The molecule has 0 saturated heterocycles. The van der Waals surface area contributed by atoms with Crippen LogP contribution in [-0.4, -0.2) is 11.8 Å². The van der Waals surface area contributed by atoms with Gasteiger partial charge in [-0.2, -0.15) is 0 Å². The van der Waals surface area contributed by atoms with Gasteiger partial charge in [0.15, 0.2) is 0 Å². The van der Waals surface area contributed by atoms with Crippen molar-refractivity contribution in [3.05, 3.63) is 44.3 Å². The van der Waals surface area contributed by atoms with Gasteiger partial charge in [0.1, 0.15) is 5.82 Å². The van der Waals surface area contributed by atoms with Crippen LogP contribution in [0.2, 0.25) is 0 Å². The predicted molar refractivity (Wildman–Crippen MR) is 83.3 cm³/mol. The van der Waals surface area contributed by atoms with E-state index in [1.807, 2.05) is 0 Å². The summed E-state index contributed by atoms with van der Waals surface area (Å²) in [5.41, 5.74) is 1.80. The lowest BCUT2D eigenvalue weighted by Gasteiger charge is -2.18. The molecule has 1 aromatic heterocycles. The van der Waals surface area contributed by atoms with Gasteiger partial charge in [-0.3, -0.25) is 9.59 Å². The Balaban J connectivity index is 1.87. The topological polar surface area (TPSA) is 58.2 Å². The van der Waals surface area contributed by atoms with Crippen LogP contribution in [0.4, 0.5) is 15.8 Å². The fourth-order valence-electron chi connectivity index (χ4n) is 2.12. The number of aryl methyl sites for hydroxylation is 1. The van der Waals surface area contributed by atoms with Crippen molar-refractivity contribution in [2.45, 2.75) is 12.8 Å². The maximum absolute atomic E-state index is 14.0. The fraction of sp³-hybridized carbons (Fsp3) is 0.143. The summed E-state index contributed by atoms with van der Waals surface area (Å²) in [5.74, 6) is -1.00. The third-order valence-electron chi connectivity index (χ3n) is 3.17. The molecule has 0 bridgehead atoms. The lowest BCUT2D eigenvalue weighted by Crippen LogP contribution is -2.20. The molecule has 2 heterocycles. The van der Waals surface area contributed by atoms with E-state index in [4.69, 9.17) is 0 Å². The third kappa shape index (κ3) is 2.98. The third-order valence-corrected chi connectivity index (χ3v) is 4.67. The number of thiophene rings is 1. The van der Waals surface area contributed by atoms with Crippen molar-refractivity contribution < 1.29 is 14.0 Å². The summed E-state index contributed by atoms with van der Waals surface area (Å²) in [7, 11) is 0. The van der Waals surface area contributed by atoms with Gasteiger partial charge in [0, 0.05) is 17.5 Å². The van der Waals surface area contributed by atoms with E-state index in [0.717, 1.165) is 9.35 Å². The molecule has 108 valence electrons. The maximum Gasteiger partial charge on any atom is 0.256 e. The number of halogens is 2. The minimum absolute atomic E-state index is 0.0586. The van der Waals surface area contributed by atoms with Crippen molar-refractivity contribution >= 4 is 50.5 Å². The number of carbonyl (C=O) groups excluding carboxylic acids is 2. The quantitative estimate of drug-likeness (QED) is 0.846. The van der Waals surface area contributed by atoms with Gasteiger partial charge in [0.2, 0.25) is 5.91 Å². The van der Waals surface area contributed by atoms with Crippen molar-refractivity contribution in [3.63, 3.8) is 0 Å². The Bertz CT molecular complexity index is 745. The second kappa shape index (κ2) is 5.57. The zero-order valence-corrected chi connectivity index (χ0v) is 13.1. The molecule has 0 atom stereocenters. The summed E-state index contributed by atoms with van der Waals surface area (Å²) in [6, 6.07) is 4.48. The highest BCUT2D eigenvalue weighted by Crippen LogP contribution is 2.29. The number of nitrogens with one attached hydrogen (secondary N) is 2. The number of amides is 2. The van der Waals surface area contributed by atoms with Crippen molar-refractivity contribution in [2.24, 2.45) is 0 Å². The number of fused-ring (bicyclic) bond motifs is 1. The molecule has 1 aromatic carbocycles. The van der Waals surface area contributed by atoms with Gasteiger partial charge in [0.05, 0.1) is 15.0 Å². The molecule has 7 heteroatoms. The molecule has 0 radical (unpaired) electrons. The minimum Gasteiger partial charge on any atom is -0.326 e. The van der Waals surface area contributed by atoms with Crippen molar-refractivity contribution in [3.8, 4) is 0 Å². The predicted octanol–water partition coefficient (Wildman–Crippen LogP) is 3.79. The molecule has 2 amide bonds. The highest BCUT2D eigenvalue weighted by molar-refractivity contribution is 9.11.